The van der Waals surface area contributed by atoms with E-state index in [0.29, 0.717) is 6.07 Å². The zero-order chi connectivity index (χ0) is 12.3. The number of hydrogen-bond acceptors (Lipinski definition) is 2. The molecule has 1 rings (SSSR count). The number of halogens is 3. The van der Waals surface area contributed by atoms with Crippen molar-refractivity contribution in [2.24, 2.45) is 0 Å². The fourth-order valence-electron chi connectivity index (χ4n) is 0.992. The van der Waals surface area contributed by atoms with Crippen LogP contribution in [-0.2, 0) is 4.79 Å². The smallest absolute Gasteiger partial charge is 0.338 e. The average molecular weight is 294 g/mol. The van der Waals surface area contributed by atoms with Crippen LogP contribution in [0.5, 0.6) is 0 Å². The Kier molecular flexibility index (Phi) is 3.94. The highest BCUT2D eigenvalue weighted by molar-refractivity contribution is 9.09. The lowest BCUT2D eigenvalue weighted by molar-refractivity contribution is -0.113. The fraction of sp³-hybridized carbons (Fsp3) is 0.111. The van der Waals surface area contributed by atoms with Crippen molar-refractivity contribution >= 4 is 33.5 Å². The quantitative estimate of drug-likeness (QED) is 0.838. The third kappa shape index (κ3) is 2.75. The van der Waals surface area contributed by atoms with Crippen molar-refractivity contribution in [3.63, 3.8) is 0 Å². The van der Waals surface area contributed by atoms with Gasteiger partial charge < -0.3 is 10.4 Å². The maximum absolute atomic E-state index is 13.1. The van der Waals surface area contributed by atoms with Crippen LogP contribution in [0.25, 0.3) is 0 Å². The summed E-state index contributed by atoms with van der Waals surface area (Å²) in [5.74, 6) is -4.33. The van der Waals surface area contributed by atoms with Gasteiger partial charge in [0.1, 0.15) is 11.6 Å². The summed E-state index contributed by atoms with van der Waals surface area (Å²) >= 11 is 2.83. The summed E-state index contributed by atoms with van der Waals surface area (Å²) in [6, 6.07) is 1.14. The first kappa shape index (κ1) is 12.6. The van der Waals surface area contributed by atoms with Gasteiger partial charge >= 0.3 is 5.97 Å². The number of nitrogens with one attached hydrogen (secondary N) is 1. The van der Waals surface area contributed by atoms with Crippen molar-refractivity contribution in [2.45, 2.75) is 0 Å². The standard InChI is InChI=1S/C9H6BrF2NO3/c10-3-8(14)13-7-1-4(9(15)16)5(11)2-6(7)12/h1-2H,3H2,(H,13,14)(H,15,16). The first-order valence-corrected chi connectivity index (χ1v) is 5.16. The molecular formula is C9H6BrF2NO3. The first-order chi connectivity index (χ1) is 7.45. The van der Waals surface area contributed by atoms with Gasteiger partial charge in [0.15, 0.2) is 0 Å². The maximum Gasteiger partial charge on any atom is 0.338 e. The molecule has 0 unspecified atom stereocenters. The first-order valence-electron chi connectivity index (χ1n) is 4.04. The zero-order valence-electron chi connectivity index (χ0n) is 7.76. The number of benzene rings is 1. The van der Waals surface area contributed by atoms with Gasteiger partial charge in [-0.1, -0.05) is 15.9 Å². The van der Waals surface area contributed by atoms with Crippen LogP contribution in [-0.4, -0.2) is 22.3 Å². The van der Waals surface area contributed by atoms with Crippen molar-refractivity contribution in [3.05, 3.63) is 29.3 Å². The van der Waals surface area contributed by atoms with Gasteiger partial charge in [-0.15, -0.1) is 0 Å². The van der Waals surface area contributed by atoms with E-state index in [2.05, 4.69) is 21.2 Å². The van der Waals surface area contributed by atoms with E-state index in [9.17, 15) is 18.4 Å². The van der Waals surface area contributed by atoms with E-state index in [1.54, 1.807) is 0 Å². The molecule has 0 saturated heterocycles. The van der Waals surface area contributed by atoms with Crippen molar-refractivity contribution in [3.8, 4) is 0 Å². The number of aromatic carboxylic acids is 1. The van der Waals surface area contributed by atoms with Gasteiger partial charge in [0.05, 0.1) is 16.6 Å². The molecule has 0 radical (unpaired) electrons. The Balaban J connectivity index is 3.14. The van der Waals surface area contributed by atoms with Gasteiger partial charge in [0.25, 0.3) is 0 Å². The molecule has 0 aliphatic heterocycles. The molecule has 0 atom stereocenters. The van der Waals surface area contributed by atoms with Gasteiger partial charge in [0.2, 0.25) is 5.91 Å². The van der Waals surface area contributed by atoms with E-state index < -0.39 is 29.1 Å². The van der Waals surface area contributed by atoms with Gasteiger partial charge in [-0.05, 0) is 6.07 Å². The largest absolute Gasteiger partial charge is 0.478 e. The van der Waals surface area contributed by atoms with Crippen molar-refractivity contribution in [1.29, 1.82) is 0 Å². The molecule has 2 N–H and O–H groups in total. The van der Waals surface area contributed by atoms with Gasteiger partial charge in [0, 0.05) is 6.07 Å². The van der Waals surface area contributed by atoms with Crippen molar-refractivity contribution in [1.82, 2.24) is 0 Å². The highest BCUT2D eigenvalue weighted by atomic mass is 79.9. The summed E-state index contributed by atoms with van der Waals surface area (Å²) < 4.78 is 26.1. The van der Waals surface area contributed by atoms with Crippen LogP contribution in [0.15, 0.2) is 12.1 Å². The highest BCUT2D eigenvalue weighted by Crippen LogP contribution is 2.19. The molecule has 0 heterocycles. The summed E-state index contributed by atoms with van der Waals surface area (Å²) in [6.45, 7) is 0. The minimum absolute atomic E-state index is 0.0772. The lowest BCUT2D eigenvalue weighted by Gasteiger charge is -2.06. The van der Waals surface area contributed by atoms with Crippen LogP contribution in [0.3, 0.4) is 0 Å². The van der Waals surface area contributed by atoms with E-state index in [-0.39, 0.29) is 11.0 Å². The molecule has 0 aliphatic carbocycles. The normalized spacial score (nSPS) is 9.94. The lowest BCUT2D eigenvalue weighted by atomic mass is 10.2. The molecule has 0 aliphatic rings. The van der Waals surface area contributed by atoms with Crippen LogP contribution in [0, 0.1) is 11.6 Å². The fourth-order valence-corrected chi connectivity index (χ4v) is 1.13. The summed E-state index contributed by atoms with van der Waals surface area (Å²) in [5, 5.41) is 10.6. The summed E-state index contributed by atoms with van der Waals surface area (Å²) in [7, 11) is 0. The number of carboxylic acids is 1. The monoisotopic (exact) mass is 293 g/mol. The number of alkyl halides is 1. The van der Waals surface area contributed by atoms with E-state index in [4.69, 9.17) is 5.11 Å². The SMILES string of the molecule is O=C(CBr)Nc1cc(C(=O)O)c(F)cc1F. The molecule has 4 nitrogen and oxygen atoms in total. The molecule has 0 fully saturated rings. The Morgan fingerprint density at radius 3 is 2.44 bits per heavy atom. The molecule has 1 aromatic rings. The van der Waals surface area contributed by atoms with E-state index in [1.165, 1.54) is 0 Å². The number of rotatable bonds is 3. The molecule has 1 aromatic carbocycles. The Morgan fingerprint density at radius 1 is 1.31 bits per heavy atom. The Bertz CT molecular complexity index is 451. The Hall–Kier alpha value is -1.50. The van der Waals surface area contributed by atoms with Crippen LogP contribution < -0.4 is 5.32 Å². The Labute approximate surface area is 97.4 Å². The van der Waals surface area contributed by atoms with Gasteiger partial charge in [-0.2, -0.15) is 0 Å². The number of carbonyl (C=O) groups is 2. The lowest BCUT2D eigenvalue weighted by Crippen LogP contribution is -2.14. The van der Waals surface area contributed by atoms with Crippen LogP contribution >= 0.6 is 15.9 Å². The molecule has 16 heavy (non-hydrogen) atoms. The second-order valence-electron chi connectivity index (χ2n) is 2.80. The van der Waals surface area contributed by atoms with Gasteiger partial charge in [-0.25, -0.2) is 13.6 Å². The topological polar surface area (TPSA) is 66.4 Å². The number of amides is 1. The molecule has 0 aromatic heterocycles. The molecule has 0 saturated carbocycles. The number of anilines is 1. The predicted octanol–water partition coefficient (Wildman–Crippen LogP) is 2.00. The van der Waals surface area contributed by atoms with Crippen LogP contribution in [0.4, 0.5) is 14.5 Å². The Morgan fingerprint density at radius 2 is 1.94 bits per heavy atom. The zero-order valence-corrected chi connectivity index (χ0v) is 9.35. The second kappa shape index (κ2) is 5.02. The molecule has 0 bridgehead atoms. The number of carbonyl (C=O) groups excluding carboxylic acids is 1. The van der Waals surface area contributed by atoms with E-state index in [1.807, 2.05) is 0 Å². The number of carboxylic acid groups (broad SMARTS) is 1. The van der Waals surface area contributed by atoms with Crippen LogP contribution in [0.2, 0.25) is 0 Å². The van der Waals surface area contributed by atoms with Crippen molar-refractivity contribution < 1.29 is 23.5 Å². The van der Waals surface area contributed by atoms with Crippen LogP contribution in [0.1, 0.15) is 10.4 Å². The maximum atomic E-state index is 13.1. The second-order valence-corrected chi connectivity index (χ2v) is 3.36. The molecule has 7 heteroatoms. The molecule has 0 spiro atoms. The molecule has 1 amide bonds. The average Bonchev–Trinajstić information content (AvgIpc) is 2.21. The molecule has 86 valence electrons. The van der Waals surface area contributed by atoms with Crippen molar-refractivity contribution in [2.75, 3.05) is 10.6 Å². The third-order valence-electron chi connectivity index (χ3n) is 1.68. The predicted molar refractivity (Wildman–Crippen MR) is 55.7 cm³/mol. The molecular weight excluding hydrogens is 288 g/mol. The number of hydrogen-bond donors (Lipinski definition) is 2. The summed E-state index contributed by atoms with van der Waals surface area (Å²) in [5.41, 5.74) is -1.07. The van der Waals surface area contributed by atoms with E-state index in [0.717, 1.165) is 6.07 Å². The summed E-state index contributed by atoms with van der Waals surface area (Å²) in [6.07, 6.45) is 0. The minimum atomic E-state index is -1.54. The third-order valence-corrected chi connectivity index (χ3v) is 2.19. The summed E-state index contributed by atoms with van der Waals surface area (Å²) in [4.78, 5) is 21.5. The van der Waals surface area contributed by atoms with Gasteiger partial charge in [-0.3, -0.25) is 4.79 Å². The minimum Gasteiger partial charge on any atom is -0.478 e. The van der Waals surface area contributed by atoms with E-state index >= 15 is 0 Å². The highest BCUT2D eigenvalue weighted by Gasteiger charge is 2.16.